The minimum absolute atomic E-state index is 0.0138. The van der Waals surface area contributed by atoms with Gasteiger partial charge in [-0.2, -0.15) is 0 Å². The van der Waals surface area contributed by atoms with Crippen molar-refractivity contribution in [2.45, 2.75) is 6.92 Å². The molecule has 0 atom stereocenters. The Bertz CT molecular complexity index is 1500. The summed E-state index contributed by atoms with van der Waals surface area (Å²) < 4.78 is 10.4. The number of ether oxygens (including phenoxy) is 2. The van der Waals surface area contributed by atoms with Crippen LogP contribution >= 0.6 is 12.2 Å². The SMILES string of the molecule is COc1cccc(NC(=S)NC(=O)c2cc(-c3ccc(O)c(OC)c3)nc3ccc(C(C)=O)cc23)c1. The smallest absolute Gasteiger partial charge is 0.258 e. The van der Waals surface area contributed by atoms with Crippen molar-refractivity contribution >= 4 is 45.6 Å². The predicted octanol–water partition coefficient (Wildman–Crippen LogP) is 4.95. The minimum atomic E-state index is -0.476. The first-order valence-electron chi connectivity index (χ1n) is 10.9. The number of methoxy groups -OCH3 is 2. The third-order valence-corrected chi connectivity index (χ3v) is 5.69. The van der Waals surface area contributed by atoms with E-state index in [4.69, 9.17) is 21.7 Å². The summed E-state index contributed by atoms with van der Waals surface area (Å²) in [6, 6.07) is 18.5. The highest BCUT2D eigenvalue weighted by Gasteiger charge is 2.17. The number of phenols is 1. The summed E-state index contributed by atoms with van der Waals surface area (Å²) in [5.74, 6) is 0.289. The second-order valence-corrected chi connectivity index (χ2v) is 8.28. The molecule has 0 radical (unpaired) electrons. The molecule has 0 aliphatic carbocycles. The summed E-state index contributed by atoms with van der Waals surface area (Å²) in [6.45, 7) is 1.46. The zero-order chi connectivity index (χ0) is 25.8. The van der Waals surface area contributed by atoms with E-state index in [-0.39, 0.29) is 28.0 Å². The van der Waals surface area contributed by atoms with E-state index in [9.17, 15) is 14.7 Å². The number of aromatic nitrogens is 1. The van der Waals surface area contributed by atoms with Crippen molar-refractivity contribution in [3.05, 3.63) is 77.9 Å². The molecule has 4 aromatic rings. The van der Waals surface area contributed by atoms with E-state index in [1.54, 1.807) is 67.8 Å². The van der Waals surface area contributed by atoms with Crippen LogP contribution in [-0.4, -0.2) is 41.1 Å². The normalized spacial score (nSPS) is 10.5. The van der Waals surface area contributed by atoms with Crippen molar-refractivity contribution in [1.29, 1.82) is 0 Å². The second-order valence-electron chi connectivity index (χ2n) is 7.87. The number of fused-ring (bicyclic) bond motifs is 1. The number of ketones is 1. The van der Waals surface area contributed by atoms with Gasteiger partial charge in [-0.25, -0.2) is 4.98 Å². The fraction of sp³-hybridized carbons (Fsp3) is 0.111. The number of phenolic OH excluding ortho intramolecular Hbond substituents is 1. The fourth-order valence-electron chi connectivity index (χ4n) is 3.65. The Hall–Kier alpha value is -4.50. The van der Waals surface area contributed by atoms with Gasteiger partial charge in [0, 0.05) is 28.3 Å². The Morgan fingerprint density at radius 2 is 1.78 bits per heavy atom. The van der Waals surface area contributed by atoms with E-state index in [0.29, 0.717) is 39.2 Å². The molecule has 1 aromatic heterocycles. The van der Waals surface area contributed by atoms with Crippen LogP contribution in [0.3, 0.4) is 0 Å². The van der Waals surface area contributed by atoms with Crippen molar-refractivity contribution in [3.63, 3.8) is 0 Å². The number of amides is 1. The number of hydrogen-bond donors (Lipinski definition) is 3. The van der Waals surface area contributed by atoms with Gasteiger partial charge in [-0.15, -0.1) is 0 Å². The molecule has 9 heteroatoms. The summed E-state index contributed by atoms with van der Waals surface area (Å²) in [5.41, 5.74) is 3.01. The van der Waals surface area contributed by atoms with Crippen LogP contribution in [0.25, 0.3) is 22.2 Å². The molecular weight excluding hydrogens is 478 g/mol. The minimum Gasteiger partial charge on any atom is -0.504 e. The number of benzene rings is 3. The van der Waals surface area contributed by atoms with Crippen molar-refractivity contribution < 1.29 is 24.2 Å². The largest absolute Gasteiger partial charge is 0.504 e. The van der Waals surface area contributed by atoms with Crippen LogP contribution in [-0.2, 0) is 0 Å². The molecule has 1 amide bonds. The van der Waals surface area contributed by atoms with Crippen LogP contribution in [0.5, 0.6) is 17.2 Å². The van der Waals surface area contributed by atoms with Crippen LogP contribution in [0.15, 0.2) is 66.7 Å². The lowest BCUT2D eigenvalue weighted by Gasteiger charge is -2.14. The lowest BCUT2D eigenvalue weighted by Crippen LogP contribution is -2.34. The summed E-state index contributed by atoms with van der Waals surface area (Å²) in [6.07, 6.45) is 0. The van der Waals surface area contributed by atoms with Gasteiger partial charge in [0.25, 0.3) is 5.91 Å². The van der Waals surface area contributed by atoms with Gasteiger partial charge in [-0.1, -0.05) is 6.07 Å². The van der Waals surface area contributed by atoms with Crippen molar-refractivity contribution in [2.75, 3.05) is 19.5 Å². The van der Waals surface area contributed by atoms with E-state index in [0.717, 1.165) is 0 Å². The predicted molar refractivity (Wildman–Crippen MR) is 142 cm³/mol. The summed E-state index contributed by atoms with van der Waals surface area (Å²) in [7, 11) is 3.01. The lowest BCUT2D eigenvalue weighted by atomic mass is 10.0. The Labute approximate surface area is 212 Å². The number of anilines is 1. The van der Waals surface area contributed by atoms with E-state index >= 15 is 0 Å². The molecule has 0 saturated carbocycles. The van der Waals surface area contributed by atoms with Gasteiger partial charge in [0.2, 0.25) is 0 Å². The Morgan fingerprint density at radius 1 is 0.972 bits per heavy atom. The molecule has 1 heterocycles. The van der Waals surface area contributed by atoms with E-state index in [1.807, 2.05) is 0 Å². The van der Waals surface area contributed by atoms with E-state index < -0.39 is 5.91 Å². The molecule has 3 aromatic carbocycles. The summed E-state index contributed by atoms with van der Waals surface area (Å²) in [5, 5.41) is 16.2. The Kier molecular flexibility index (Phi) is 7.12. The van der Waals surface area contributed by atoms with Gasteiger partial charge in [-0.3, -0.25) is 14.9 Å². The number of carbonyl (C=O) groups excluding carboxylic acids is 2. The molecule has 182 valence electrons. The zero-order valence-electron chi connectivity index (χ0n) is 19.8. The number of nitrogens with zero attached hydrogens (tertiary/aromatic N) is 1. The lowest BCUT2D eigenvalue weighted by molar-refractivity contribution is 0.0976. The topological polar surface area (TPSA) is 110 Å². The number of hydrogen-bond acceptors (Lipinski definition) is 7. The second kappa shape index (κ2) is 10.4. The number of Topliss-reactive ketones (excluding diaryl/α,β-unsaturated/α-hetero) is 1. The molecule has 0 unspecified atom stereocenters. The maximum atomic E-state index is 13.4. The molecule has 0 bridgehead atoms. The van der Waals surface area contributed by atoms with Crippen LogP contribution in [0.4, 0.5) is 5.69 Å². The average molecular weight is 502 g/mol. The van der Waals surface area contributed by atoms with Gasteiger partial charge >= 0.3 is 0 Å². The monoisotopic (exact) mass is 501 g/mol. The first-order chi connectivity index (χ1) is 17.3. The third kappa shape index (κ3) is 5.26. The highest BCUT2D eigenvalue weighted by Crippen LogP contribution is 2.32. The summed E-state index contributed by atoms with van der Waals surface area (Å²) >= 11 is 5.36. The highest BCUT2D eigenvalue weighted by atomic mass is 32.1. The van der Waals surface area contributed by atoms with E-state index in [2.05, 4.69) is 15.6 Å². The Balaban J connectivity index is 1.74. The molecule has 36 heavy (non-hydrogen) atoms. The molecule has 0 fully saturated rings. The van der Waals surface area contributed by atoms with Crippen LogP contribution in [0.1, 0.15) is 27.6 Å². The molecule has 0 saturated heterocycles. The zero-order valence-corrected chi connectivity index (χ0v) is 20.6. The number of pyridine rings is 1. The van der Waals surface area contributed by atoms with Crippen molar-refractivity contribution in [2.24, 2.45) is 0 Å². The standard InChI is InChI=1S/C27H23N3O5S/c1-15(31)16-7-9-22-20(11-16)21(14-23(29-22)17-8-10-24(32)25(12-17)35-3)26(33)30-27(36)28-18-5-4-6-19(13-18)34-2/h4-14,32H,1-3H3,(H2,28,30,33,36). The maximum Gasteiger partial charge on any atom is 0.258 e. The van der Waals surface area contributed by atoms with Gasteiger partial charge in [0.05, 0.1) is 31.0 Å². The number of aromatic hydroxyl groups is 1. The third-order valence-electron chi connectivity index (χ3n) is 5.49. The molecular formula is C27H23N3O5S. The Morgan fingerprint density at radius 3 is 2.50 bits per heavy atom. The van der Waals surface area contributed by atoms with Gasteiger partial charge in [0.15, 0.2) is 22.4 Å². The fourth-order valence-corrected chi connectivity index (χ4v) is 3.86. The van der Waals surface area contributed by atoms with Gasteiger partial charge < -0.3 is 19.9 Å². The van der Waals surface area contributed by atoms with Crippen molar-refractivity contribution in [3.8, 4) is 28.5 Å². The number of thiocarbonyl (C=S) groups is 1. The molecule has 3 N–H and O–H groups in total. The van der Waals surface area contributed by atoms with Gasteiger partial charge in [-0.05, 0) is 73.7 Å². The average Bonchev–Trinajstić information content (AvgIpc) is 2.87. The summed E-state index contributed by atoms with van der Waals surface area (Å²) in [4.78, 5) is 30.0. The number of nitrogens with one attached hydrogen (secondary N) is 2. The first kappa shape index (κ1) is 24.6. The highest BCUT2D eigenvalue weighted by molar-refractivity contribution is 7.80. The van der Waals surface area contributed by atoms with Crippen LogP contribution < -0.4 is 20.1 Å². The molecule has 8 nitrogen and oxygen atoms in total. The first-order valence-corrected chi connectivity index (χ1v) is 11.3. The molecule has 4 rings (SSSR count). The van der Waals surface area contributed by atoms with Crippen LogP contribution in [0, 0.1) is 0 Å². The quantitative estimate of drug-likeness (QED) is 0.251. The van der Waals surface area contributed by atoms with Crippen LogP contribution in [0.2, 0.25) is 0 Å². The van der Waals surface area contributed by atoms with E-state index in [1.165, 1.54) is 20.1 Å². The maximum absolute atomic E-state index is 13.4. The number of carbonyl (C=O) groups is 2. The van der Waals surface area contributed by atoms with Gasteiger partial charge in [0.1, 0.15) is 5.75 Å². The molecule has 0 aliphatic rings. The number of rotatable bonds is 6. The molecule has 0 spiro atoms. The molecule has 0 aliphatic heterocycles. The van der Waals surface area contributed by atoms with Crippen molar-refractivity contribution in [1.82, 2.24) is 10.3 Å².